The van der Waals surface area contributed by atoms with Gasteiger partial charge in [0.1, 0.15) is 11.9 Å². The third kappa shape index (κ3) is 5.23. The van der Waals surface area contributed by atoms with Crippen molar-refractivity contribution >= 4 is 17.7 Å². The van der Waals surface area contributed by atoms with Crippen molar-refractivity contribution in [3.8, 4) is 5.75 Å². The Balaban J connectivity index is 1.36. The van der Waals surface area contributed by atoms with Crippen LogP contribution in [0.3, 0.4) is 0 Å². The van der Waals surface area contributed by atoms with Crippen molar-refractivity contribution in [2.75, 3.05) is 25.4 Å². The average Bonchev–Trinajstić information content (AvgIpc) is 3.07. The minimum absolute atomic E-state index is 0.0293. The third-order valence-electron chi connectivity index (χ3n) is 5.03. The molecule has 30 heavy (non-hydrogen) atoms. The molecule has 0 aliphatic carbocycles. The smallest absolute Gasteiger partial charge is 0.234 e. The molecule has 1 aromatic heterocycles. The van der Waals surface area contributed by atoms with E-state index in [2.05, 4.69) is 33.4 Å². The second kappa shape index (κ2) is 9.82. The van der Waals surface area contributed by atoms with Gasteiger partial charge in [-0.3, -0.25) is 9.69 Å². The highest BCUT2D eigenvalue weighted by molar-refractivity contribution is 7.99. The van der Waals surface area contributed by atoms with Crippen molar-refractivity contribution in [1.82, 2.24) is 19.8 Å². The van der Waals surface area contributed by atoms with E-state index in [1.54, 1.807) is 18.0 Å². The lowest BCUT2D eigenvalue weighted by Crippen LogP contribution is -2.39. The van der Waals surface area contributed by atoms with Crippen molar-refractivity contribution in [3.05, 3.63) is 78.1 Å². The molecule has 1 aliphatic rings. The molecule has 1 unspecified atom stereocenters. The Bertz CT molecular complexity index is 976. The predicted octanol–water partition coefficient (Wildman–Crippen LogP) is 3.26. The number of amides is 1. The van der Waals surface area contributed by atoms with Crippen LogP contribution in [0.15, 0.2) is 72.1 Å². The van der Waals surface area contributed by atoms with Gasteiger partial charge in [-0.1, -0.05) is 60.3 Å². The number of carbonyl (C=O) groups is 1. The molecular formula is C23H26N4O2S. The molecule has 2 aromatic carbocycles. The van der Waals surface area contributed by atoms with Crippen LogP contribution in [0.4, 0.5) is 0 Å². The van der Waals surface area contributed by atoms with Crippen molar-refractivity contribution < 1.29 is 9.53 Å². The fraction of sp³-hybridized carbons (Fsp3) is 0.304. The van der Waals surface area contributed by atoms with E-state index in [9.17, 15) is 4.79 Å². The summed E-state index contributed by atoms with van der Waals surface area (Å²) in [6, 6.07) is 18.3. The molecule has 0 saturated heterocycles. The maximum atomic E-state index is 12.6. The number of rotatable bonds is 7. The van der Waals surface area contributed by atoms with Gasteiger partial charge in [0.15, 0.2) is 5.16 Å². The number of hydrogen-bond acceptors (Lipinski definition) is 5. The van der Waals surface area contributed by atoms with Gasteiger partial charge in [-0.2, -0.15) is 0 Å². The molecule has 1 N–H and O–H groups in total. The first-order valence-corrected chi connectivity index (χ1v) is 11.1. The van der Waals surface area contributed by atoms with E-state index in [1.807, 2.05) is 54.2 Å². The molecule has 1 atom stereocenters. The number of fused-ring (bicyclic) bond motifs is 1. The summed E-state index contributed by atoms with van der Waals surface area (Å²) in [5.74, 6) is 1.71. The standard InChI is InChI=1S/C23H26N4O2S/c1-26-13-11-25-23(26)30-14-12-24-22(28)17-27-15-19-9-5-6-10-20(19)29-21(16-27)18-7-3-2-4-8-18/h2-11,13,21H,12,14-17H2,1H3,(H,24,28). The molecule has 0 saturated carbocycles. The van der Waals surface area contributed by atoms with Crippen LogP contribution in [-0.4, -0.2) is 45.7 Å². The summed E-state index contributed by atoms with van der Waals surface area (Å²) >= 11 is 1.64. The number of benzene rings is 2. The van der Waals surface area contributed by atoms with Crippen molar-refractivity contribution in [2.24, 2.45) is 7.05 Å². The third-order valence-corrected chi connectivity index (χ3v) is 6.09. The minimum Gasteiger partial charge on any atom is -0.484 e. The highest BCUT2D eigenvalue weighted by Crippen LogP contribution is 2.30. The maximum Gasteiger partial charge on any atom is 0.234 e. The van der Waals surface area contributed by atoms with Gasteiger partial charge in [-0.15, -0.1) is 0 Å². The highest BCUT2D eigenvalue weighted by atomic mass is 32.2. The first-order valence-electron chi connectivity index (χ1n) is 10.1. The lowest BCUT2D eigenvalue weighted by molar-refractivity contribution is -0.122. The number of aryl methyl sites for hydroxylation is 1. The summed E-state index contributed by atoms with van der Waals surface area (Å²) in [4.78, 5) is 19.0. The zero-order valence-corrected chi connectivity index (χ0v) is 17.8. The number of nitrogens with zero attached hydrogens (tertiary/aromatic N) is 3. The van der Waals surface area contributed by atoms with Crippen LogP contribution >= 0.6 is 11.8 Å². The Morgan fingerprint density at radius 2 is 2.00 bits per heavy atom. The average molecular weight is 423 g/mol. The topological polar surface area (TPSA) is 59.4 Å². The van der Waals surface area contributed by atoms with Crippen LogP contribution in [0, 0.1) is 0 Å². The van der Waals surface area contributed by atoms with Gasteiger partial charge in [-0.25, -0.2) is 4.98 Å². The molecule has 0 fully saturated rings. The molecule has 0 spiro atoms. The Hall–Kier alpha value is -2.77. The molecule has 156 valence electrons. The van der Waals surface area contributed by atoms with E-state index in [-0.39, 0.29) is 12.0 Å². The number of para-hydroxylation sites is 1. The first-order chi connectivity index (χ1) is 14.7. The van der Waals surface area contributed by atoms with Crippen LogP contribution in [0.25, 0.3) is 0 Å². The van der Waals surface area contributed by atoms with Gasteiger partial charge in [0.2, 0.25) is 5.91 Å². The monoisotopic (exact) mass is 422 g/mol. The van der Waals surface area contributed by atoms with Gasteiger partial charge >= 0.3 is 0 Å². The largest absolute Gasteiger partial charge is 0.484 e. The number of nitrogens with one attached hydrogen (secondary N) is 1. The second-order valence-electron chi connectivity index (χ2n) is 7.31. The Labute approximate surface area is 181 Å². The SMILES string of the molecule is Cn1ccnc1SCCNC(=O)CN1Cc2ccccc2OC(c2ccccc2)C1. The molecule has 0 radical (unpaired) electrons. The molecule has 2 heterocycles. The second-order valence-corrected chi connectivity index (χ2v) is 8.38. The fourth-order valence-corrected chi connectivity index (χ4v) is 4.31. The van der Waals surface area contributed by atoms with E-state index >= 15 is 0 Å². The summed E-state index contributed by atoms with van der Waals surface area (Å²) < 4.78 is 8.30. The molecule has 3 aromatic rings. The zero-order chi connectivity index (χ0) is 20.8. The zero-order valence-electron chi connectivity index (χ0n) is 17.0. The number of imidazole rings is 1. The number of hydrogen-bond donors (Lipinski definition) is 1. The summed E-state index contributed by atoms with van der Waals surface area (Å²) in [6.45, 7) is 2.30. The minimum atomic E-state index is -0.110. The molecule has 6 nitrogen and oxygen atoms in total. The van der Waals surface area contributed by atoms with Crippen LogP contribution in [-0.2, 0) is 18.4 Å². The van der Waals surface area contributed by atoms with Crippen LogP contribution in [0.5, 0.6) is 5.75 Å². The van der Waals surface area contributed by atoms with Gasteiger partial charge < -0.3 is 14.6 Å². The fourth-order valence-electron chi connectivity index (χ4n) is 3.52. The molecule has 4 rings (SSSR count). The quantitative estimate of drug-likeness (QED) is 0.468. The van der Waals surface area contributed by atoms with E-state index in [0.29, 0.717) is 26.2 Å². The van der Waals surface area contributed by atoms with Gasteiger partial charge in [0.05, 0.1) is 6.54 Å². The Kier molecular flexibility index (Phi) is 6.71. The van der Waals surface area contributed by atoms with Crippen LogP contribution in [0.1, 0.15) is 17.2 Å². The van der Waals surface area contributed by atoms with Crippen LogP contribution in [0.2, 0.25) is 0 Å². The number of ether oxygens (including phenoxy) is 1. The summed E-state index contributed by atoms with van der Waals surface area (Å²) in [5.41, 5.74) is 2.22. The Morgan fingerprint density at radius 1 is 1.20 bits per heavy atom. The number of carbonyl (C=O) groups excluding carboxylic acids is 1. The summed E-state index contributed by atoms with van der Waals surface area (Å²) in [7, 11) is 1.97. The lowest BCUT2D eigenvalue weighted by atomic mass is 10.1. The molecule has 1 amide bonds. The molecule has 1 aliphatic heterocycles. The Morgan fingerprint density at radius 3 is 2.80 bits per heavy atom. The molecule has 0 bridgehead atoms. The van der Waals surface area contributed by atoms with Crippen LogP contribution < -0.4 is 10.1 Å². The number of thioether (sulfide) groups is 1. The number of aromatic nitrogens is 2. The highest BCUT2D eigenvalue weighted by Gasteiger charge is 2.25. The predicted molar refractivity (Wildman–Crippen MR) is 118 cm³/mol. The normalized spacial score (nSPS) is 16.4. The van der Waals surface area contributed by atoms with Gasteiger partial charge in [0, 0.05) is 50.4 Å². The van der Waals surface area contributed by atoms with Gasteiger partial charge in [0.25, 0.3) is 0 Å². The van der Waals surface area contributed by atoms with E-state index < -0.39 is 0 Å². The maximum absolute atomic E-state index is 12.6. The first kappa shape index (κ1) is 20.5. The van der Waals surface area contributed by atoms with Crippen molar-refractivity contribution in [1.29, 1.82) is 0 Å². The lowest BCUT2D eigenvalue weighted by Gasteiger charge is -2.23. The van der Waals surface area contributed by atoms with E-state index in [0.717, 1.165) is 27.8 Å². The van der Waals surface area contributed by atoms with Gasteiger partial charge in [-0.05, 0) is 11.6 Å². The van der Waals surface area contributed by atoms with Crippen molar-refractivity contribution in [3.63, 3.8) is 0 Å². The molecule has 7 heteroatoms. The molecular weight excluding hydrogens is 396 g/mol. The van der Waals surface area contributed by atoms with E-state index in [1.165, 1.54) is 0 Å². The summed E-state index contributed by atoms with van der Waals surface area (Å²) in [6.07, 6.45) is 3.59. The van der Waals surface area contributed by atoms with Crippen molar-refractivity contribution in [2.45, 2.75) is 17.8 Å². The van der Waals surface area contributed by atoms with E-state index in [4.69, 9.17) is 4.74 Å². The summed E-state index contributed by atoms with van der Waals surface area (Å²) in [5, 5.41) is 3.99.